The van der Waals surface area contributed by atoms with Crippen LogP contribution in [0.25, 0.3) is 10.8 Å². The predicted molar refractivity (Wildman–Crippen MR) is 109 cm³/mol. The van der Waals surface area contributed by atoms with Crippen LogP contribution in [0.5, 0.6) is 11.6 Å². The molecule has 9 nitrogen and oxygen atoms in total. The maximum absolute atomic E-state index is 12.2. The lowest BCUT2D eigenvalue weighted by atomic mass is 10.00. The monoisotopic (exact) mass is 417 g/mol. The van der Waals surface area contributed by atoms with Gasteiger partial charge < -0.3 is 30.4 Å². The molecule has 2 atom stereocenters. The predicted octanol–water partition coefficient (Wildman–Crippen LogP) is 1.01. The molecule has 2 aromatic rings. The zero-order chi connectivity index (χ0) is 21.5. The molecule has 0 saturated carbocycles. The summed E-state index contributed by atoms with van der Waals surface area (Å²) in [5.41, 5.74) is 5.71. The lowest BCUT2D eigenvalue weighted by Crippen LogP contribution is -2.31. The number of aromatic nitrogens is 1. The Kier molecular flexibility index (Phi) is 7.42. The fraction of sp³-hybridized carbons (Fsp3) is 0.476. The fourth-order valence-electron chi connectivity index (χ4n) is 3.62. The number of pyridine rings is 1. The number of primary amides is 1. The number of carbonyl (C=O) groups is 2. The van der Waals surface area contributed by atoms with Gasteiger partial charge in [-0.1, -0.05) is 0 Å². The van der Waals surface area contributed by atoms with E-state index in [1.165, 1.54) is 7.11 Å². The number of nitrogens with one attached hydrogen (secondary N) is 1. The molecule has 1 aliphatic rings. The van der Waals surface area contributed by atoms with Crippen molar-refractivity contribution in [2.45, 2.75) is 25.3 Å². The van der Waals surface area contributed by atoms with E-state index < -0.39 is 5.91 Å². The Morgan fingerprint density at radius 2 is 2.20 bits per heavy atom. The Morgan fingerprint density at radius 3 is 2.93 bits per heavy atom. The third-order valence-corrected chi connectivity index (χ3v) is 5.10. The SMILES string of the molecule is COc1cc2c(OC[C@@H]3C[C@@H](CCCOCCO)C(=O)N3)nccc2cc1C(N)=O. The van der Waals surface area contributed by atoms with Crippen LogP contribution in [0, 0.1) is 5.92 Å². The number of carbonyl (C=O) groups excluding carboxylic acids is 2. The van der Waals surface area contributed by atoms with Crippen LogP contribution in [0.3, 0.4) is 0 Å². The number of hydrogen-bond donors (Lipinski definition) is 3. The number of aliphatic hydroxyl groups excluding tert-OH is 1. The van der Waals surface area contributed by atoms with E-state index in [9.17, 15) is 9.59 Å². The second-order valence-corrected chi connectivity index (χ2v) is 7.18. The first kappa shape index (κ1) is 21.8. The van der Waals surface area contributed by atoms with Crippen molar-refractivity contribution in [1.82, 2.24) is 10.3 Å². The molecule has 1 aromatic carbocycles. The fourth-order valence-corrected chi connectivity index (χ4v) is 3.62. The van der Waals surface area contributed by atoms with Crippen molar-refractivity contribution in [3.05, 3.63) is 30.0 Å². The molecule has 0 spiro atoms. The molecule has 30 heavy (non-hydrogen) atoms. The molecule has 2 heterocycles. The number of rotatable bonds is 11. The summed E-state index contributed by atoms with van der Waals surface area (Å²) in [6.07, 6.45) is 3.77. The minimum absolute atomic E-state index is 0.00124. The molecule has 162 valence electrons. The van der Waals surface area contributed by atoms with E-state index in [-0.39, 0.29) is 36.6 Å². The van der Waals surface area contributed by atoms with Crippen LogP contribution in [0.15, 0.2) is 24.4 Å². The summed E-state index contributed by atoms with van der Waals surface area (Å²) in [6, 6.07) is 4.99. The van der Waals surface area contributed by atoms with Gasteiger partial charge in [-0.3, -0.25) is 9.59 Å². The zero-order valence-corrected chi connectivity index (χ0v) is 16.9. The van der Waals surface area contributed by atoms with Gasteiger partial charge in [-0.25, -0.2) is 4.98 Å². The second-order valence-electron chi connectivity index (χ2n) is 7.18. The van der Waals surface area contributed by atoms with Crippen molar-refractivity contribution in [3.63, 3.8) is 0 Å². The summed E-state index contributed by atoms with van der Waals surface area (Å²) in [7, 11) is 1.47. The van der Waals surface area contributed by atoms with Crippen LogP contribution in [-0.4, -0.2) is 61.5 Å². The van der Waals surface area contributed by atoms with E-state index >= 15 is 0 Å². The van der Waals surface area contributed by atoms with Crippen molar-refractivity contribution in [3.8, 4) is 11.6 Å². The highest BCUT2D eigenvalue weighted by Gasteiger charge is 2.32. The van der Waals surface area contributed by atoms with Gasteiger partial charge in [0.2, 0.25) is 11.8 Å². The highest BCUT2D eigenvalue weighted by Crippen LogP contribution is 2.31. The maximum Gasteiger partial charge on any atom is 0.252 e. The normalized spacial score (nSPS) is 18.4. The molecule has 0 radical (unpaired) electrons. The molecule has 3 rings (SSSR count). The average Bonchev–Trinajstić information content (AvgIpc) is 3.10. The number of nitrogens with zero attached hydrogens (tertiary/aromatic N) is 1. The number of benzene rings is 1. The molecular weight excluding hydrogens is 390 g/mol. The van der Waals surface area contributed by atoms with E-state index in [0.717, 1.165) is 18.2 Å². The van der Waals surface area contributed by atoms with Gasteiger partial charge >= 0.3 is 0 Å². The lowest BCUT2D eigenvalue weighted by molar-refractivity contribution is -0.122. The van der Waals surface area contributed by atoms with Gasteiger partial charge in [0.15, 0.2) is 0 Å². The van der Waals surface area contributed by atoms with Crippen molar-refractivity contribution in [2.75, 3.05) is 33.5 Å². The smallest absolute Gasteiger partial charge is 0.252 e. The second kappa shape index (κ2) is 10.2. The topological polar surface area (TPSA) is 133 Å². The summed E-state index contributed by atoms with van der Waals surface area (Å²) in [5.74, 6) is 0.122. The minimum atomic E-state index is -0.575. The Labute approximate surface area is 174 Å². The molecule has 1 aromatic heterocycles. The molecule has 0 aliphatic carbocycles. The summed E-state index contributed by atoms with van der Waals surface area (Å²) in [4.78, 5) is 28.1. The number of fused-ring (bicyclic) bond motifs is 1. The molecular formula is C21H27N3O6. The average molecular weight is 417 g/mol. The van der Waals surface area contributed by atoms with Crippen molar-refractivity contribution >= 4 is 22.6 Å². The Balaban J connectivity index is 1.62. The summed E-state index contributed by atoms with van der Waals surface area (Å²) in [5, 5.41) is 13.1. The van der Waals surface area contributed by atoms with Crippen LogP contribution >= 0.6 is 0 Å². The van der Waals surface area contributed by atoms with Crippen LogP contribution in [0.2, 0.25) is 0 Å². The summed E-state index contributed by atoms with van der Waals surface area (Å²) >= 11 is 0. The first-order valence-electron chi connectivity index (χ1n) is 9.91. The summed E-state index contributed by atoms with van der Waals surface area (Å²) < 4.78 is 16.4. The van der Waals surface area contributed by atoms with Crippen LogP contribution < -0.4 is 20.5 Å². The molecule has 1 saturated heterocycles. The minimum Gasteiger partial charge on any atom is -0.496 e. The van der Waals surface area contributed by atoms with Crippen LogP contribution in [0.1, 0.15) is 29.6 Å². The van der Waals surface area contributed by atoms with Crippen molar-refractivity contribution in [2.24, 2.45) is 11.7 Å². The highest BCUT2D eigenvalue weighted by molar-refractivity contribution is 6.01. The molecule has 4 N–H and O–H groups in total. The number of ether oxygens (including phenoxy) is 3. The Hall–Kier alpha value is -2.91. The largest absolute Gasteiger partial charge is 0.496 e. The molecule has 1 fully saturated rings. The quantitative estimate of drug-likeness (QED) is 0.465. The van der Waals surface area contributed by atoms with Gasteiger partial charge in [0.25, 0.3) is 5.91 Å². The van der Waals surface area contributed by atoms with Crippen LogP contribution in [0.4, 0.5) is 0 Å². The standard InChI is InChI=1S/C21H27N3O6/c1-28-18-11-16-13(10-17(18)19(22)26)4-5-23-21(16)30-12-15-9-14(20(27)24-15)3-2-7-29-8-6-25/h4-5,10-11,14-15,25H,2-3,6-9,12H2,1H3,(H2,22,26)(H,24,27)/t14-,15+/m1/s1. The first-order valence-corrected chi connectivity index (χ1v) is 9.91. The van der Waals surface area contributed by atoms with Gasteiger partial charge in [0, 0.05) is 24.1 Å². The van der Waals surface area contributed by atoms with E-state index in [0.29, 0.717) is 36.7 Å². The van der Waals surface area contributed by atoms with Crippen molar-refractivity contribution < 1.29 is 28.9 Å². The zero-order valence-electron chi connectivity index (χ0n) is 16.9. The van der Waals surface area contributed by atoms with E-state index in [1.807, 2.05) is 0 Å². The molecule has 9 heteroatoms. The van der Waals surface area contributed by atoms with Gasteiger partial charge in [0.1, 0.15) is 12.4 Å². The third-order valence-electron chi connectivity index (χ3n) is 5.10. The van der Waals surface area contributed by atoms with E-state index in [2.05, 4.69) is 10.3 Å². The number of methoxy groups -OCH3 is 1. The third kappa shape index (κ3) is 5.17. The maximum atomic E-state index is 12.2. The first-order chi connectivity index (χ1) is 14.5. The molecule has 1 aliphatic heterocycles. The molecule has 2 amide bonds. The van der Waals surface area contributed by atoms with E-state index in [4.69, 9.17) is 25.1 Å². The van der Waals surface area contributed by atoms with Crippen LogP contribution in [-0.2, 0) is 9.53 Å². The number of nitrogens with two attached hydrogens (primary N) is 1. The number of aliphatic hydroxyl groups is 1. The molecule has 0 bridgehead atoms. The Bertz CT molecular complexity index is 904. The molecule has 0 unspecified atom stereocenters. The highest BCUT2D eigenvalue weighted by atomic mass is 16.5. The lowest BCUT2D eigenvalue weighted by Gasteiger charge is -2.14. The number of hydrogen-bond acceptors (Lipinski definition) is 7. The van der Waals surface area contributed by atoms with Crippen molar-refractivity contribution in [1.29, 1.82) is 0 Å². The van der Waals surface area contributed by atoms with Gasteiger partial charge in [-0.15, -0.1) is 0 Å². The van der Waals surface area contributed by atoms with E-state index in [1.54, 1.807) is 24.4 Å². The Morgan fingerprint density at radius 1 is 1.37 bits per heavy atom. The number of amides is 2. The van der Waals surface area contributed by atoms with Gasteiger partial charge in [-0.05, 0) is 42.8 Å². The van der Waals surface area contributed by atoms with Gasteiger partial charge in [-0.2, -0.15) is 0 Å². The van der Waals surface area contributed by atoms with Gasteiger partial charge in [0.05, 0.1) is 31.9 Å². The summed E-state index contributed by atoms with van der Waals surface area (Å²) in [6.45, 7) is 1.13.